The largest absolute Gasteiger partial charge is 0.322 e. The molecule has 2 aromatic carbocycles. The van der Waals surface area contributed by atoms with E-state index in [9.17, 15) is 18.0 Å². The Hall–Kier alpha value is -3.01. The summed E-state index contributed by atoms with van der Waals surface area (Å²) < 4.78 is 25.8. The Morgan fingerprint density at radius 2 is 1.67 bits per heavy atom. The minimum absolute atomic E-state index is 0.0728. The summed E-state index contributed by atoms with van der Waals surface area (Å²) in [5.74, 6) is -0.667. The predicted octanol–water partition coefficient (Wildman–Crippen LogP) is 3.53. The lowest BCUT2D eigenvalue weighted by Gasteiger charge is -2.20. The first kappa shape index (κ1) is 21.7. The van der Waals surface area contributed by atoms with Crippen molar-refractivity contribution in [1.82, 2.24) is 4.31 Å². The lowest BCUT2D eigenvalue weighted by atomic mass is 10.1. The molecular weight excluding hydrogens is 422 g/mol. The summed E-state index contributed by atoms with van der Waals surface area (Å²) in [6.07, 6.45) is 0. The van der Waals surface area contributed by atoms with E-state index >= 15 is 0 Å². The summed E-state index contributed by atoms with van der Waals surface area (Å²) in [7, 11) is 0.866. The van der Waals surface area contributed by atoms with Gasteiger partial charge in [0.15, 0.2) is 0 Å². The number of rotatable bonds is 6. The monoisotopic (exact) mass is 443 g/mol. The Morgan fingerprint density at radius 3 is 2.33 bits per heavy atom. The number of thiophene rings is 1. The van der Waals surface area contributed by atoms with E-state index in [0.717, 1.165) is 4.31 Å². The maximum Gasteiger partial charge on any atom is 0.268 e. The van der Waals surface area contributed by atoms with Crippen LogP contribution < -0.4 is 10.2 Å². The molecular formula is C21H21N3O4S2. The van der Waals surface area contributed by atoms with Crippen molar-refractivity contribution in [2.24, 2.45) is 0 Å². The second-order valence-electron chi connectivity index (χ2n) is 6.63. The molecule has 0 saturated heterocycles. The molecule has 0 atom stereocenters. The number of carbonyl (C=O) groups excluding carboxylic acids is 2. The van der Waals surface area contributed by atoms with Crippen molar-refractivity contribution in [2.45, 2.75) is 4.90 Å². The van der Waals surface area contributed by atoms with Gasteiger partial charge in [0.1, 0.15) is 0 Å². The minimum atomic E-state index is -3.63. The zero-order valence-electron chi connectivity index (χ0n) is 16.7. The molecule has 3 rings (SSSR count). The number of hydrogen-bond donors (Lipinski definition) is 1. The SMILES string of the molecule is CN(C(=O)c1cccs1)c1ccccc1C(=O)Nc1cccc(S(=O)(=O)N(C)C)c1. The fourth-order valence-electron chi connectivity index (χ4n) is 2.78. The van der Waals surface area contributed by atoms with Gasteiger partial charge in [0.05, 0.1) is 21.0 Å². The van der Waals surface area contributed by atoms with Crippen molar-refractivity contribution in [3.05, 3.63) is 76.5 Å². The second kappa shape index (κ2) is 8.78. The van der Waals surface area contributed by atoms with Crippen LogP contribution in [0.5, 0.6) is 0 Å². The van der Waals surface area contributed by atoms with Crippen molar-refractivity contribution in [2.75, 3.05) is 31.4 Å². The van der Waals surface area contributed by atoms with Crippen molar-refractivity contribution in [3.8, 4) is 0 Å². The summed E-state index contributed by atoms with van der Waals surface area (Å²) in [5, 5.41) is 4.54. The quantitative estimate of drug-likeness (QED) is 0.631. The average molecular weight is 444 g/mol. The van der Waals surface area contributed by atoms with Crippen LogP contribution in [-0.2, 0) is 10.0 Å². The molecule has 156 valence electrons. The molecule has 1 N–H and O–H groups in total. The number of anilines is 2. The number of para-hydroxylation sites is 1. The number of sulfonamides is 1. The van der Waals surface area contributed by atoms with E-state index in [1.54, 1.807) is 55.6 Å². The van der Waals surface area contributed by atoms with Gasteiger partial charge in [0, 0.05) is 26.8 Å². The zero-order chi connectivity index (χ0) is 21.9. The van der Waals surface area contributed by atoms with Crippen LogP contribution in [-0.4, -0.2) is 45.7 Å². The number of amides is 2. The van der Waals surface area contributed by atoms with Crippen molar-refractivity contribution < 1.29 is 18.0 Å². The lowest BCUT2D eigenvalue weighted by Crippen LogP contribution is -2.28. The lowest BCUT2D eigenvalue weighted by molar-refractivity contribution is 0.0996. The highest BCUT2D eigenvalue weighted by molar-refractivity contribution is 7.89. The van der Waals surface area contributed by atoms with Crippen molar-refractivity contribution >= 4 is 44.5 Å². The molecule has 0 aliphatic heterocycles. The molecule has 30 heavy (non-hydrogen) atoms. The van der Waals surface area contributed by atoms with Gasteiger partial charge < -0.3 is 10.2 Å². The van der Waals surface area contributed by atoms with Gasteiger partial charge in [-0.05, 0) is 41.8 Å². The molecule has 0 aliphatic carbocycles. The number of benzene rings is 2. The van der Waals surface area contributed by atoms with Crippen LogP contribution in [0.2, 0.25) is 0 Å². The summed E-state index contributed by atoms with van der Waals surface area (Å²) in [5.41, 5.74) is 1.08. The third kappa shape index (κ3) is 4.43. The highest BCUT2D eigenvalue weighted by Gasteiger charge is 2.21. The first-order chi connectivity index (χ1) is 14.2. The first-order valence-corrected chi connectivity index (χ1v) is 11.3. The first-order valence-electron chi connectivity index (χ1n) is 8.96. The third-order valence-corrected chi connectivity index (χ3v) is 7.09. The van der Waals surface area contributed by atoms with E-state index in [4.69, 9.17) is 0 Å². The number of hydrogen-bond acceptors (Lipinski definition) is 5. The van der Waals surface area contributed by atoms with E-state index in [1.165, 1.54) is 42.5 Å². The zero-order valence-corrected chi connectivity index (χ0v) is 18.3. The van der Waals surface area contributed by atoms with Crippen LogP contribution in [0, 0.1) is 0 Å². The third-order valence-electron chi connectivity index (χ3n) is 4.42. The van der Waals surface area contributed by atoms with E-state index in [1.807, 2.05) is 5.38 Å². The highest BCUT2D eigenvalue weighted by Crippen LogP contribution is 2.24. The van der Waals surface area contributed by atoms with Gasteiger partial charge in [0.25, 0.3) is 11.8 Å². The van der Waals surface area contributed by atoms with Gasteiger partial charge in [-0.1, -0.05) is 24.3 Å². The summed E-state index contributed by atoms with van der Waals surface area (Å²) in [6, 6.07) is 16.3. The molecule has 0 radical (unpaired) electrons. The number of nitrogens with zero attached hydrogens (tertiary/aromatic N) is 2. The van der Waals surface area contributed by atoms with E-state index in [2.05, 4.69) is 5.32 Å². The van der Waals surface area contributed by atoms with E-state index < -0.39 is 15.9 Å². The highest BCUT2D eigenvalue weighted by atomic mass is 32.2. The molecule has 3 aromatic rings. The van der Waals surface area contributed by atoms with E-state index in [0.29, 0.717) is 21.8 Å². The standard InChI is InChI=1S/C21H21N3O4S2/c1-23(2)30(27,28)16-9-6-8-15(14-16)22-20(25)17-10-4-5-11-18(17)24(3)21(26)19-12-7-13-29-19/h4-14H,1-3H3,(H,22,25). The molecule has 0 fully saturated rings. The Balaban J connectivity index is 1.88. The van der Waals surface area contributed by atoms with Crippen LogP contribution in [0.3, 0.4) is 0 Å². The van der Waals surface area contributed by atoms with Gasteiger partial charge in [-0.3, -0.25) is 9.59 Å². The van der Waals surface area contributed by atoms with Gasteiger partial charge in [-0.25, -0.2) is 12.7 Å². The smallest absolute Gasteiger partial charge is 0.268 e. The van der Waals surface area contributed by atoms with Crippen LogP contribution in [0.25, 0.3) is 0 Å². The van der Waals surface area contributed by atoms with Crippen LogP contribution >= 0.6 is 11.3 Å². The fraction of sp³-hybridized carbons (Fsp3) is 0.143. The van der Waals surface area contributed by atoms with Crippen molar-refractivity contribution in [1.29, 1.82) is 0 Å². The van der Waals surface area contributed by atoms with Crippen LogP contribution in [0.15, 0.2) is 70.9 Å². The molecule has 0 bridgehead atoms. The normalized spacial score (nSPS) is 11.3. The Labute approximate surface area is 179 Å². The summed E-state index contributed by atoms with van der Waals surface area (Å²) in [4.78, 5) is 27.7. The number of nitrogens with one attached hydrogen (secondary N) is 1. The minimum Gasteiger partial charge on any atom is -0.322 e. The molecule has 0 unspecified atom stereocenters. The molecule has 1 heterocycles. The van der Waals surface area contributed by atoms with Gasteiger partial charge in [-0.15, -0.1) is 11.3 Å². The van der Waals surface area contributed by atoms with Crippen molar-refractivity contribution in [3.63, 3.8) is 0 Å². The van der Waals surface area contributed by atoms with Gasteiger partial charge >= 0.3 is 0 Å². The molecule has 0 saturated carbocycles. The Morgan fingerprint density at radius 1 is 0.933 bits per heavy atom. The Kier molecular flexibility index (Phi) is 6.35. The summed E-state index contributed by atoms with van der Waals surface area (Å²) in [6.45, 7) is 0. The topological polar surface area (TPSA) is 86.8 Å². The maximum atomic E-state index is 12.9. The van der Waals surface area contributed by atoms with Crippen LogP contribution in [0.4, 0.5) is 11.4 Å². The molecule has 2 amide bonds. The fourth-order valence-corrected chi connectivity index (χ4v) is 4.42. The number of carbonyl (C=O) groups is 2. The molecule has 1 aromatic heterocycles. The van der Waals surface area contributed by atoms with E-state index in [-0.39, 0.29) is 10.8 Å². The van der Waals surface area contributed by atoms with Crippen LogP contribution in [0.1, 0.15) is 20.0 Å². The average Bonchev–Trinajstić information content (AvgIpc) is 3.27. The molecule has 7 nitrogen and oxygen atoms in total. The second-order valence-corrected chi connectivity index (χ2v) is 9.73. The Bertz CT molecular complexity index is 1170. The predicted molar refractivity (Wildman–Crippen MR) is 119 cm³/mol. The molecule has 0 spiro atoms. The maximum absolute atomic E-state index is 12.9. The summed E-state index contributed by atoms with van der Waals surface area (Å²) >= 11 is 1.32. The molecule has 9 heteroatoms. The van der Waals surface area contributed by atoms with Gasteiger partial charge in [-0.2, -0.15) is 0 Å². The van der Waals surface area contributed by atoms with Gasteiger partial charge in [0.2, 0.25) is 10.0 Å². The molecule has 0 aliphatic rings.